The zero-order valence-corrected chi connectivity index (χ0v) is 20.2. The summed E-state index contributed by atoms with van der Waals surface area (Å²) in [5.41, 5.74) is 2.45. The first-order valence-corrected chi connectivity index (χ1v) is 12.0. The van der Waals surface area contributed by atoms with Crippen LogP contribution >= 0.6 is 11.6 Å². The van der Waals surface area contributed by atoms with Gasteiger partial charge in [0.1, 0.15) is 5.70 Å². The number of amidine groups is 1. The Bertz CT molecular complexity index is 1780. The smallest absolute Gasteiger partial charge is 0.267 e. The molecule has 1 aliphatic rings. The van der Waals surface area contributed by atoms with E-state index in [1.54, 1.807) is 42.5 Å². The molecule has 1 amide bonds. The lowest BCUT2D eigenvalue weighted by Crippen LogP contribution is -2.49. The molecule has 0 unspecified atom stereocenters. The molecule has 6 nitrogen and oxygen atoms in total. The summed E-state index contributed by atoms with van der Waals surface area (Å²) in [6, 6.07) is 32.9. The number of aliphatic imine (C=N–C) groups is 1. The van der Waals surface area contributed by atoms with Gasteiger partial charge in [0.05, 0.1) is 10.9 Å². The van der Waals surface area contributed by atoms with Crippen molar-refractivity contribution >= 4 is 40.3 Å². The third-order valence-corrected chi connectivity index (χ3v) is 6.24. The van der Waals surface area contributed by atoms with E-state index in [0.717, 1.165) is 5.56 Å². The summed E-state index contributed by atoms with van der Waals surface area (Å²) in [5.74, 6) is 0.218. The van der Waals surface area contributed by atoms with E-state index >= 15 is 0 Å². The number of rotatable bonds is 4. The van der Waals surface area contributed by atoms with Crippen molar-refractivity contribution in [3.8, 4) is 11.4 Å². The molecule has 0 N–H and O–H groups in total. The van der Waals surface area contributed by atoms with Crippen LogP contribution in [0.5, 0.6) is 0 Å². The van der Waals surface area contributed by atoms with Gasteiger partial charge in [-0.3, -0.25) is 9.59 Å². The molecular formula is C30H19ClN4O2. The van der Waals surface area contributed by atoms with Crippen molar-refractivity contribution in [1.29, 1.82) is 0 Å². The van der Waals surface area contributed by atoms with Crippen LogP contribution in [0.25, 0.3) is 28.4 Å². The average Bonchev–Trinajstić information content (AvgIpc) is 3.25. The fourth-order valence-corrected chi connectivity index (χ4v) is 4.50. The van der Waals surface area contributed by atoms with Crippen LogP contribution in [0.1, 0.15) is 11.1 Å². The summed E-state index contributed by atoms with van der Waals surface area (Å²) in [6.07, 6.45) is 1.67. The van der Waals surface area contributed by atoms with Crippen LogP contribution in [0.2, 0.25) is 5.02 Å². The molecule has 178 valence electrons. The number of hydrogen-bond donors (Lipinski definition) is 0. The van der Waals surface area contributed by atoms with Gasteiger partial charge >= 0.3 is 0 Å². The number of aromatic nitrogens is 2. The van der Waals surface area contributed by atoms with Gasteiger partial charge in [-0.15, -0.1) is 0 Å². The SMILES string of the molecule is O=C1/C(=C/c2cccc(Cl)c2)N=C(c2ccccc2)N1n1c(-c2ccccc2)nc2ccccc2c1=O. The molecule has 4 aromatic carbocycles. The Kier molecular flexibility index (Phi) is 5.71. The van der Waals surface area contributed by atoms with Crippen LogP contribution < -0.4 is 10.6 Å². The number of para-hydroxylation sites is 1. The zero-order chi connectivity index (χ0) is 25.4. The van der Waals surface area contributed by atoms with Crippen molar-refractivity contribution in [3.63, 3.8) is 0 Å². The molecule has 1 aromatic heterocycles. The first-order chi connectivity index (χ1) is 18.1. The second kappa shape index (κ2) is 9.33. The van der Waals surface area contributed by atoms with Crippen LogP contribution in [-0.4, -0.2) is 21.4 Å². The molecule has 7 heteroatoms. The highest BCUT2D eigenvalue weighted by Crippen LogP contribution is 2.26. The maximum Gasteiger partial charge on any atom is 0.297 e. The number of carbonyl (C=O) groups is 1. The summed E-state index contributed by atoms with van der Waals surface area (Å²) in [6.45, 7) is 0. The Morgan fingerprint density at radius 1 is 0.730 bits per heavy atom. The van der Waals surface area contributed by atoms with E-state index in [0.29, 0.717) is 38.7 Å². The normalized spacial score (nSPS) is 14.4. The van der Waals surface area contributed by atoms with Crippen molar-refractivity contribution in [2.75, 3.05) is 5.01 Å². The Morgan fingerprint density at radius 3 is 2.14 bits per heavy atom. The van der Waals surface area contributed by atoms with E-state index in [4.69, 9.17) is 21.6 Å². The van der Waals surface area contributed by atoms with Gasteiger partial charge in [-0.2, -0.15) is 9.69 Å². The van der Waals surface area contributed by atoms with E-state index in [2.05, 4.69) is 0 Å². The monoisotopic (exact) mass is 502 g/mol. The van der Waals surface area contributed by atoms with Crippen LogP contribution in [-0.2, 0) is 4.79 Å². The summed E-state index contributed by atoms with van der Waals surface area (Å²) < 4.78 is 1.32. The molecule has 37 heavy (non-hydrogen) atoms. The quantitative estimate of drug-likeness (QED) is 0.297. The lowest BCUT2D eigenvalue weighted by molar-refractivity contribution is -0.115. The van der Waals surface area contributed by atoms with Gasteiger partial charge < -0.3 is 0 Å². The Balaban J connectivity index is 1.63. The van der Waals surface area contributed by atoms with E-state index in [1.807, 2.05) is 72.8 Å². The standard InChI is InChI=1S/C30H19ClN4O2/c31-23-15-9-10-20(18-23)19-26-30(37)35(28(33-26)22-13-5-2-6-14-22)34-27(21-11-3-1-4-12-21)32-25-17-8-7-16-24(25)29(34)36/h1-19H/b26-19-. The highest BCUT2D eigenvalue weighted by atomic mass is 35.5. The van der Waals surface area contributed by atoms with E-state index in [-0.39, 0.29) is 11.3 Å². The number of nitrogens with zero attached hydrogens (tertiary/aromatic N) is 4. The number of halogens is 1. The highest BCUT2D eigenvalue weighted by molar-refractivity contribution is 6.31. The van der Waals surface area contributed by atoms with Crippen LogP contribution in [0.4, 0.5) is 0 Å². The molecule has 0 saturated carbocycles. The average molecular weight is 503 g/mol. The molecular weight excluding hydrogens is 484 g/mol. The first-order valence-electron chi connectivity index (χ1n) is 11.6. The molecule has 0 spiro atoms. The largest absolute Gasteiger partial charge is 0.297 e. The minimum absolute atomic E-state index is 0.181. The number of benzene rings is 4. The maximum atomic E-state index is 14.0. The Hall–Kier alpha value is -4.81. The molecule has 0 saturated heterocycles. The number of hydrogen-bond acceptors (Lipinski definition) is 4. The van der Waals surface area contributed by atoms with Gasteiger partial charge in [0.25, 0.3) is 11.5 Å². The van der Waals surface area contributed by atoms with Crippen LogP contribution in [0.15, 0.2) is 125 Å². The minimum atomic E-state index is -0.449. The fraction of sp³-hybridized carbons (Fsp3) is 0. The lowest BCUT2D eigenvalue weighted by atomic mass is 10.1. The van der Waals surface area contributed by atoms with Gasteiger partial charge in [-0.1, -0.05) is 96.5 Å². The second-order valence-electron chi connectivity index (χ2n) is 8.44. The molecule has 0 aliphatic carbocycles. The van der Waals surface area contributed by atoms with Gasteiger partial charge in [0.15, 0.2) is 11.7 Å². The summed E-state index contributed by atoms with van der Waals surface area (Å²) in [5, 5.41) is 2.26. The summed E-state index contributed by atoms with van der Waals surface area (Å²) in [7, 11) is 0. The second-order valence-corrected chi connectivity index (χ2v) is 8.87. The van der Waals surface area contributed by atoms with Crippen LogP contribution in [0, 0.1) is 0 Å². The Labute approximate surface area is 217 Å². The van der Waals surface area contributed by atoms with Crippen molar-refractivity contribution in [3.05, 3.63) is 141 Å². The minimum Gasteiger partial charge on any atom is -0.267 e. The van der Waals surface area contributed by atoms with E-state index in [1.165, 1.54) is 9.69 Å². The highest BCUT2D eigenvalue weighted by Gasteiger charge is 2.35. The first kappa shape index (κ1) is 22.6. The maximum absolute atomic E-state index is 14.0. The number of fused-ring (bicyclic) bond motifs is 1. The van der Waals surface area contributed by atoms with Gasteiger partial charge in [-0.25, -0.2) is 9.98 Å². The van der Waals surface area contributed by atoms with Crippen molar-refractivity contribution in [2.45, 2.75) is 0 Å². The zero-order valence-electron chi connectivity index (χ0n) is 19.5. The van der Waals surface area contributed by atoms with Gasteiger partial charge in [0, 0.05) is 16.1 Å². The number of carbonyl (C=O) groups excluding carboxylic acids is 1. The molecule has 0 atom stereocenters. The third kappa shape index (κ3) is 4.13. The molecule has 0 bridgehead atoms. The van der Waals surface area contributed by atoms with Crippen LogP contribution in [0.3, 0.4) is 0 Å². The van der Waals surface area contributed by atoms with E-state index < -0.39 is 5.91 Å². The molecule has 0 radical (unpaired) electrons. The van der Waals surface area contributed by atoms with E-state index in [9.17, 15) is 9.59 Å². The van der Waals surface area contributed by atoms with Gasteiger partial charge in [-0.05, 0) is 35.9 Å². The molecule has 0 fully saturated rings. The number of amides is 1. The summed E-state index contributed by atoms with van der Waals surface area (Å²) >= 11 is 6.17. The molecule has 6 rings (SSSR count). The predicted molar refractivity (Wildman–Crippen MR) is 147 cm³/mol. The lowest BCUT2D eigenvalue weighted by Gasteiger charge is -2.23. The molecule has 2 heterocycles. The fourth-order valence-electron chi connectivity index (χ4n) is 4.31. The predicted octanol–water partition coefficient (Wildman–Crippen LogP) is 5.68. The third-order valence-electron chi connectivity index (χ3n) is 6.01. The van der Waals surface area contributed by atoms with Crippen molar-refractivity contribution in [2.24, 2.45) is 4.99 Å². The molecule has 1 aliphatic heterocycles. The topological polar surface area (TPSA) is 67.6 Å². The van der Waals surface area contributed by atoms with Crippen molar-refractivity contribution in [1.82, 2.24) is 9.66 Å². The Morgan fingerprint density at radius 2 is 1.41 bits per heavy atom. The van der Waals surface area contributed by atoms with Crippen molar-refractivity contribution < 1.29 is 4.79 Å². The molecule has 5 aromatic rings. The summed E-state index contributed by atoms with van der Waals surface area (Å²) in [4.78, 5) is 37.5. The van der Waals surface area contributed by atoms with Gasteiger partial charge in [0.2, 0.25) is 0 Å².